The van der Waals surface area contributed by atoms with Gasteiger partial charge in [0.2, 0.25) is 5.91 Å². The number of benzene rings is 1. The molecular formula is C15H15FN2O4. The molecule has 1 aromatic rings. The molecule has 116 valence electrons. The van der Waals surface area contributed by atoms with E-state index in [1.807, 2.05) is 0 Å². The number of fused-ring (bicyclic) bond motifs is 2. The van der Waals surface area contributed by atoms with E-state index in [1.165, 1.54) is 12.1 Å². The fraction of sp³-hybridized carbons (Fsp3) is 0.400. The maximum absolute atomic E-state index is 14.1. The van der Waals surface area contributed by atoms with Crippen LogP contribution in [0.1, 0.15) is 40.0 Å². The van der Waals surface area contributed by atoms with E-state index >= 15 is 0 Å². The van der Waals surface area contributed by atoms with Gasteiger partial charge in [-0.25, -0.2) is 9.18 Å². The molecular weight excluding hydrogens is 291 g/mol. The van der Waals surface area contributed by atoms with Crippen molar-refractivity contribution in [1.29, 1.82) is 0 Å². The Morgan fingerprint density at radius 3 is 2.68 bits per heavy atom. The molecule has 0 saturated carbocycles. The van der Waals surface area contributed by atoms with Gasteiger partial charge in [0.05, 0.1) is 11.1 Å². The number of carbonyl (C=O) groups is 3. The number of hydrogen-bond donors (Lipinski definition) is 2. The Kier molecular flexibility index (Phi) is 3.56. The number of rotatable bonds is 2. The van der Waals surface area contributed by atoms with Crippen molar-refractivity contribution >= 4 is 17.8 Å². The smallest absolute Gasteiger partial charge is 0.335 e. The molecule has 2 heterocycles. The predicted octanol–water partition coefficient (Wildman–Crippen LogP) is 1.02. The summed E-state index contributed by atoms with van der Waals surface area (Å²) in [6.45, 7) is 0.371. The molecule has 22 heavy (non-hydrogen) atoms. The van der Waals surface area contributed by atoms with Crippen molar-refractivity contribution in [3.63, 3.8) is 0 Å². The van der Waals surface area contributed by atoms with Gasteiger partial charge in [0, 0.05) is 25.0 Å². The molecule has 2 saturated heterocycles. The molecule has 7 heteroatoms. The first-order valence-electron chi connectivity index (χ1n) is 7.09. The summed E-state index contributed by atoms with van der Waals surface area (Å²) in [6.07, 6.45) is 1.71. The highest BCUT2D eigenvalue weighted by molar-refractivity contribution is 5.97. The summed E-state index contributed by atoms with van der Waals surface area (Å²) in [5.74, 6) is -2.69. The number of nitrogens with one attached hydrogen (secondary N) is 1. The Morgan fingerprint density at radius 1 is 1.27 bits per heavy atom. The zero-order valence-corrected chi connectivity index (χ0v) is 11.7. The highest BCUT2D eigenvalue weighted by atomic mass is 19.1. The van der Waals surface area contributed by atoms with Crippen molar-refractivity contribution in [2.75, 3.05) is 6.54 Å². The number of nitrogens with zero attached hydrogens (tertiary/aromatic N) is 1. The standard InChI is InChI=1S/C15H15FN2O4/c16-12-5-8(15(21)22)1-4-11(12)14(20)18-9-2-3-10(18)7-17-13(19)6-9/h1,4-5,9-10H,2-3,6-7H2,(H,17,19)(H,21,22). The van der Waals surface area contributed by atoms with Gasteiger partial charge in [0.1, 0.15) is 5.82 Å². The van der Waals surface area contributed by atoms with Crippen LogP contribution in [0.15, 0.2) is 18.2 Å². The third-order valence-electron chi connectivity index (χ3n) is 4.26. The van der Waals surface area contributed by atoms with Crippen LogP contribution in [-0.4, -0.2) is 46.4 Å². The van der Waals surface area contributed by atoms with Crippen molar-refractivity contribution < 1.29 is 23.9 Å². The Morgan fingerprint density at radius 2 is 2.00 bits per heavy atom. The topological polar surface area (TPSA) is 86.7 Å². The van der Waals surface area contributed by atoms with Crippen molar-refractivity contribution in [1.82, 2.24) is 10.2 Å². The van der Waals surface area contributed by atoms with Crippen LogP contribution < -0.4 is 5.32 Å². The van der Waals surface area contributed by atoms with E-state index in [1.54, 1.807) is 4.90 Å². The van der Waals surface area contributed by atoms with Gasteiger partial charge in [-0.05, 0) is 31.0 Å². The number of carboxylic acids is 1. The minimum absolute atomic E-state index is 0.105. The maximum atomic E-state index is 14.1. The summed E-state index contributed by atoms with van der Waals surface area (Å²) in [7, 11) is 0. The van der Waals surface area contributed by atoms with Crippen LogP contribution in [0.2, 0.25) is 0 Å². The minimum atomic E-state index is -1.25. The van der Waals surface area contributed by atoms with Crippen LogP contribution >= 0.6 is 0 Å². The molecule has 0 spiro atoms. The number of carbonyl (C=O) groups excluding carboxylic acids is 2. The Labute approximate surface area is 125 Å². The zero-order valence-electron chi connectivity index (χ0n) is 11.7. The van der Waals surface area contributed by atoms with E-state index in [-0.39, 0.29) is 35.5 Å². The van der Waals surface area contributed by atoms with E-state index < -0.39 is 17.7 Å². The quantitative estimate of drug-likeness (QED) is 0.854. The third kappa shape index (κ3) is 2.43. The molecule has 0 radical (unpaired) electrons. The average Bonchev–Trinajstić information content (AvgIpc) is 2.77. The number of halogens is 1. The van der Waals surface area contributed by atoms with E-state index in [0.717, 1.165) is 18.9 Å². The second kappa shape index (κ2) is 5.40. The SMILES string of the molecule is O=C1CC2CCC(CN1)N2C(=O)c1ccc(C(=O)O)cc1F. The summed E-state index contributed by atoms with van der Waals surface area (Å²) in [5.41, 5.74) is -0.360. The second-order valence-corrected chi connectivity index (χ2v) is 5.61. The van der Waals surface area contributed by atoms with E-state index in [2.05, 4.69) is 5.32 Å². The van der Waals surface area contributed by atoms with Gasteiger partial charge in [-0.2, -0.15) is 0 Å². The first-order chi connectivity index (χ1) is 10.5. The van der Waals surface area contributed by atoms with Gasteiger partial charge in [-0.3, -0.25) is 9.59 Å². The molecule has 2 fully saturated rings. The number of aromatic carboxylic acids is 1. The lowest BCUT2D eigenvalue weighted by molar-refractivity contribution is -0.121. The monoisotopic (exact) mass is 306 g/mol. The van der Waals surface area contributed by atoms with Crippen molar-refractivity contribution in [3.05, 3.63) is 35.1 Å². The summed E-state index contributed by atoms with van der Waals surface area (Å²) >= 11 is 0. The van der Waals surface area contributed by atoms with E-state index in [4.69, 9.17) is 5.11 Å². The van der Waals surface area contributed by atoms with Crippen LogP contribution in [-0.2, 0) is 4.79 Å². The predicted molar refractivity (Wildman–Crippen MR) is 74.0 cm³/mol. The fourth-order valence-corrected chi connectivity index (χ4v) is 3.17. The molecule has 3 rings (SSSR count). The van der Waals surface area contributed by atoms with Gasteiger partial charge in [0.15, 0.2) is 0 Å². The molecule has 2 amide bonds. The largest absolute Gasteiger partial charge is 0.478 e. The molecule has 2 bridgehead atoms. The highest BCUT2D eigenvalue weighted by Crippen LogP contribution is 2.30. The van der Waals surface area contributed by atoms with Crippen molar-refractivity contribution in [2.45, 2.75) is 31.3 Å². The van der Waals surface area contributed by atoms with Gasteiger partial charge in [-0.1, -0.05) is 0 Å². The first-order valence-corrected chi connectivity index (χ1v) is 7.09. The zero-order chi connectivity index (χ0) is 15.9. The lowest BCUT2D eigenvalue weighted by Gasteiger charge is -2.27. The molecule has 2 aliphatic rings. The molecule has 0 aliphatic carbocycles. The van der Waals surface area contributed by atoms with Crippen LogP contribution in [0.5, 0.6) is 0 Å². The maximum Gasteiger partial charge on any atom is 0.335 e. The Bertz CT molecular complexity index is 661. The van der Waals surface area contributed by atoms with Crippen molar-refractivity contribution in [2.24, 2.45) is 0 Å². The van der Waals surface area contributed by atoms with Crippen LogP contribution in [0.4, 0.5) is 4.39 Å². The lowest BCUT2D eigenvalue weighted by atomic mass is 10.1. The van der Waals surface area contributed by atoms with Crippen LogP contribution in [0.25, 0.3) is 0 Å². The lowest BCUT2D eigenvalue weighted by Crippen LogP contribution is -2.42. The second-order valence-electron chi connectivity index (χ2n) is 5.61. The highest BCUT2D eigenvalue weighted by Gasteiger charge is 2.41. The van der Waals surface area contributed by atoms with Gasteiger partial charge < -0.3 is 15.3 Å². The van der Waals surface area contributed by atoms with Crippen LogP contribution in [0.3, 0.4) is 0 Å². The average molecular weight is 306 g/mol. The van der Waals surface area contributed by atoms with Crippen molar-refractivity contribution in [3.8, 4) is 0 Å². The van der Waals surface area contributed by atoms with Gasteiger partial charge in [-0.15, -0.1) is 0 Å². The Balaban J connectivity index is 1.90. The molecule has 2 N–H and O–H groups in total. The first kappa shape index (κ1) is 14.5. The summed E-state index contributed by atoms with van der Waals surface area (Å²) < 4.78 is 14.1. The van der Waals surface area contributed by atoms with Crippen LogP contribution in [0, 0.1) is 5.82 Å². The summed E-state index contributed by atoms with van der Waals surface area (Å²) in [4.78, 5) is 36.6. The van der Waals surface area contributed by atoms with Gasteiger partial charge in [0.25, 0.3) is 5.91 Å². The molecule has 1 aromatic carbocycles. The van der Waals surface area contributed by atoms with E-state index in [9.17, 15) is 18.8 Å². The number of carboxylic acid groups (broad SMARTS) is 1. The molecule has 2 unspecified atom stereocenters. The number of hydrogen-bond acceptors (Lipinski definition) is 3. The molecule has 6 nitrogen and oxygen atoms in total. The molecule has 2 aliphatic heterocycles. The normalized spacial score (nSPS) is 23.9. The minimum Gasteiger partial charge on any atom is -0.478 e. The fourth-order valence-electron chi connectivity index (χ4n) is 3.17. The van der Waals surface area contributed by atoms with E-state index in [0.29, 0.717) is 6.54 Å². The summed E-state index contributed by atoms with van der Waals surface area (Å²) in [6, 6.07) is 2.89. The number of amides is 2. The van der Waals surface area contributed by atoms with Gasteiger partial charge >= 0.3 is 5.97 Å². The Hall–Kier alpha value is -2.44. The summed E-state index contributed by atoms with van der Waals surface area (Å²) in [5, 5.41) is 11.6. The molecule has 2 atom stereocenters. The third-order valence-corrected chi connectivity index (χ3v) is 4.26. The molecule has 0 aromatic heterocycles.